The molecule has 0 aromatic heterocycles. The molecule has 1 saturated carbocycles. The van der Waals surface area contributed by atoms with Gasteiger partial charge < -0.3 is 10.6 Å². The minimum atomic E-state index is -0.449. The number of anilines is 1. The number of carbonyl (C=O) groups is 1. The van der Waals surface area contributed by atoms with E-state index in [9.17, 15) is 9.18 Å². The van der Waals surface area contributed by atoms with Crippen molar-refractivity contribution in [3.8, 4) is 0 Å². The molecule has 1 aliphatic rings. The predicted octanol–water partition coefficient (Wildman–Crippen LogP) is 2.87. The van der Waals surface area contributed by atoms with Crippen molar-refractivity contribution in [1.82, 2.24) is 5.32 Å². The maximum absolute atomic E-state index is 13.3. The molecule has 80 valence electrons. The zero-order chi connectivity index (χ0) is 10.8. The second kappa shape index (κ2) is 4.18. The molecule has 1 aromatic rings. The van der Waals surface area contributed by atoms with Gasteiger partial charge in [-0.05, 0) is 31.0 Å². The SMILES string of the molecule is O=C(Nc1ccc(Br)cc1F)NC1CC1. The van der Waals surface area contributed by atoms with E-state index < -0.39 is 5.82 Å². The van der Waals surface area contributed by atoms with E-state index in [2.05, 4.69) is 26.6 Å². The van der Waals surface area contributed by atoms with E-state index in [1.165, 1.54) is 12.1 Å². The summed E-state index contributed by atoms with van der Waals surface area (Å²) in [5.41, 5.74) is 0.191. The molecule has 0 unspecified atom stereocenters. The summed E-state index contributed by atoms with van der Waals surface area (Å²) in [4.78, 5) is 11.3. The van der Waals surface area contributed by atoms with E-state index >= 15 is 0 Å². The van der Waals surface area contributed by atoms with Gasteiger partial charge in [0.25, 0.3) is 0 Å². The van der Waals surface area contributed by atoms with Crippen molar-refractivity contribution in [2.75, 3.05) is 5.32 Å². The van der Waals surface area contributed by atoms with E-state index in [0.717, 1.165) is 12.8 Å². The summed E-state index contributed by atoms with van der Waals surface area (Å²) in [6.07, 6.45) is 2.02. The third kappa shape index (κ3) is 2.92. The second-order valence-electron chi connectivity index (χ2n) is 3.50. The van der Waals surface area contributed by atoms with Gasteiger partial charge in [-0.15, -0.1) is 0 Å². The lowest BCUT2D eigenvalue weighted by atomic mass is 10.3. The van der Waals surface area contributed by atoms with E-state index in [1.807, 2.05) is 0 Å². The standard InChI is InChI=1S/C10H10BrFN2O/c11-6-1-4-9(8(12)5-6)14-10(15)13-7-2-3-7/h1,4-5,7H,2-3H2,(H2,13,14,15). The van der Waals surface area contributed by atoms with Gasteiger partial charge in [0.2, 0.25) is 0 Å². The van der Waals surface area contributed by atoms with Gasteiger partial charge >= 0.3 is 6.03 Å². The maximum Gasteiger partial charge on any atom is 0.319 e. The van der Waals surface area contributed by atoms with Crippen LogP contribution in [0.2, 0.25) is 0 Å². The van der Waals surface area contributed by atoms with Gasteiger partial charge in [-0.3, -0.25) is 0 Å². The summed E-state index contributed by atoms with van der Waals surface area (Å²) in [5.74, 6) is -0.449. The van der Waals surface area contributed by atoms with Crippen molar-refractivity contribution in [3.63, 3.8) is 0 Å². The summed E-state index contributed by atoms with van der Waals surface area (Å²) in [5, 5.41) is 5.18. The molecule has 0 atom stereocenters. The molecule has 0 saturated heterocycles. The van der Waals surface area contributed by atoms with Crippen LogP contribution < -0.4 is 10.6 Å². The molecule has 0 heterocycles. The van der Waals surface area contributed by atoms with Crippen molar-refractivity contribution >= 4 is 27.6 Å². The Balaban J connectivity index is 1.99. The van der Waals surface area contributed by atoms with Crippen molar-refractivity contribution in [3.05, 3.63) is 28.5 Å². The summed E-state index contributed by atoms with van der Waals surface area (Å²) >= 11 is 3.14. The van der Waals surface area contributed by atoms with Crippen LogP contribution in [0.15, 0.2) is 22.7 Å². The molecule has 15 heavy (non-hydrogen) atoms. The van der Waals surface area contributed by atoms with Crippen molar-refractivity contribution in [2.24, 2.45) is 0 Å². The van der Waals surface area contributed by atoms with Crippen LogP contribution in [-0.4, -0.2) is 12.1 Å². The second-order valence-corrected chi connectivity index (χ2v) is 4.41. The predicted molar refractivity (Wildman–Crippen MR) is 59.3 cm³/mol. The van der Waals surface area contributed by atoms with Gasteiger partial charge in [0.15, 0.2) is 0 Å². The van der Waals surface area contributed by atoms with Crippen molar-refractivity contribution in [2.45, 2.75) is 18.9 Å². The van der Waals surface area contributed by atoms with Gasteiger partial charge in [-0.25, -0.2) is 9.18 Å². The average Bonchev–Trinajstić information content (AvgIpc) is 2.94. The van der Waals surface area contributed by atoms with E-state index in [0.29, 0.717) is 4.47 Å². The highest BCUT2D eigenvalue weighted by Gasteiger charge is 2.23. The number of carbonyl (C=O) groups excluding carboxylic acids is 1. The Hall–Kier alpha value is -1.10. The zero-order valence-corrected chi connectivity index (χ0v) is 9.47. The lowest BCUT2D eigenvalue weighted by Crippen LogP contribution is -2.30. The fourth-order valence-corrected chi connectivity index (χ4v) is 1.50. The molecule has 3 nitrogen and oxygen atoms in total. The molecule has 2 amide bonds. The Bertz CT molecular complexity index is 393. The topological polar surface area (TPSA) is 41.1 Å². The first-order chi connectivity index (χ1) is 7.15. The van der Waals surface area contributed by atoms with Gasteiger partial charge in [0.05, 0.1) is 5.69 Å². The zero-order valence-electron chi connectivity index (χ0n) is 7.89. The fourth-order valence-electron chi connectivity index (χ4n) is 1.16. The molecule has 0 bridgehead atoms. The minimum absolute atomic E-state index is 0.191. The highest BCUT2D eigenvalue weighted by atomic mass is 79.9. The number of benzene rings is 1. The van der Waals surface area contributed by atoms with E-state index in [-0.39, 0.29) is 17.8 Å². The Labute approximate surface area is 95.2 Å². The van der Waals surface area contributed by atoms with Gasteiger partial charge in [-0.2, -0.15) is 0 Å². The number of urea groups is 1. The lowest BCUT2D eigenvalue weighted by molar-refractivity contribution is 0.251. The van der Waals surface area contributed by atoms with Gasteiger partial charge in [0, 0.05) is 10.5 Å². The monoisotopic (exact) mass is 272 g/mol. The quantitative estimate of drug-likeness (QED) is 0.854. The van der Waals surface area contributed by atoms with Crippen LogP contribution in [0.1, 0.15) is 12.8 Å². The molecule has 0 radical (unpaired) electrons. The third-order valence-corrected chi connectivity index (χ3v) is 2.59. The highest BCUT2D eigenvalue weighted by Crippen LogP contribution is 2.21. The molecular formula is C10H10BrFN2O. The Morgan fingerprint density at radius 1 is 1.47 bits per heavy atom. The third-order valence-electron chi connectivity index (χ3n) is 2.09. The molecule has 1 aromatic carbocycles. The first-order valence-electron chi connectivity index (χ1n) is 4.68. The van der Waals surface area contributed by atoms with Crippen LogP contribution in [-0.2, 0) is 0 Å². The number of rotatable bonds is 2. The number of nitrogens with one attached hydrogen (secondary N) is 2. The highest BCUT2D eigenvalue weighted by molar-refractivity contribution is 9.10. The van der Waals surface area contributed by atoms with Crippen LogP contribution >= 0.6 is 15.9 Å². The van der Waals surface area contributed by atoms with Crippen molar-refractivity contribution < 1.29 is 9.18 Å². The largest absolute Gasteiger partial charge is 0.335 e. The molecule has 2 rings (SSSR count). The van der Waals surface area contributed by atoms with Gasteiger partial charge in [-0.1, -0.05) is 15.9 Å². The molecule has 5 heteroatoms. The summed E-state index contributed by atoms with van der Waals surface area (Å²) in [6.45, 7) is 0. The first-order valence-corrected chi connectivity index (χ1v) is 5.47. The lowest BCUT2D eigenvalue weighted by Gasteiger charge is -2.07. The molecule has 2 N–H and O–H groups in total. The maximum atomic E-state index is 13.3. The van der Waals surface area contributed by atoms with Gasteiger partial charge in [0.1, 0.15) is 5.82 Å². The number of hydrogen-bond acceptors (Lipinski definition) is 1. The van der Waals surface area contributed by atoms with Crippen LogP contribution in [0.4, 0.5) is 14.9 Å². The molecule has 1 fully saturated rings. The van der Waals surface area contributed by atoms with Crippen LogP contribution in [0, 0.1) is 5.82 Å². The molecule has 0 aliphatic heterocycles. The smallest absolute Gasteiger partial charge is 0.319 e. The number of amides is 2. The van der Waals surface area contributed by atoms with Crippen LogP contribution in [0.3, 0.4) is 0 Å². The normalized spacial score (nSPS) is 14.8. The average molecular weight is 273 g/mol. The summed E-state index contributed by atoms with van der Waals surface area (Å²) < 4.78 is 13.9. The van der Waals surface area contributed by atoms with Crippen molar-refractivity contribution in [1.29, 1.82) is 0 Å². The summed E-state index contributed by atoms with van der Waals surface area (Å²) in [6, 6.07) is 4.43. The molecular weight excluding hydrogens is 263 g/mol. The Kier molecular flexibility index (Phi) is 2.90. The first kappa shape index (κ1) is 10.4. The molecule has 1 aliphatic carbocycles. The molecule has 0 spiro atoms. The Morgan fingerprint density at radius 3 is 2.80 bits per heavy atom. The summed E-state index contributed by atoms with van der Waals surface area (Å²) in [7, 11) is 0. The number of hydrogen-bond donors (Lipinski definition) is 2. The van der Waals surface area contributed by atoms with Crippen LogP contribution in [0.5, 0.6) is 0 Å². The van der Waals surface area contributed by atoms with E-state index in [1.54, 1.807) is 6.07 Å². The Morgan fingerprint density at radius 2 is 2.20 bits per heavy atom. The van der Waals surface area contributed by atoms with Crippen LogP contribution in [0.25, 0.3) is 0 Å². The fraction of sp³-hybridized carbons (Fsp3) is 0.300. The number of halogens is 2. The minimum Gasteiger partial charge on any atom is -0.335 e. The van der Waals surface area contributed by atoms with E-state index in [4.69, 9.17) is 0 Å².